The Kier molecular flexibility index (Phi) is 3.91. The molecule has 0 saturated heterocycles. The lowest BCUT2D eigenvalue weighted by atomic mass is 10.3. The van der Waals surface area contributed by atoms with Crippen LogP contribution in [0.5, 0.6) is 0 Å². The third kappa shape index (κ3) is 2.05. The number of rotatable bonds is 4. The van der Waals surface area contributed by atoms with Crippen molar-refractivity contribution in [3.05, 3.63) is 21.5 Å². The lowest BCUT2D eigenvalue weighted by Gasteiger charge is -2.31. The van der Waals surface area contributed by atoms with Crippen molar-refractivity contribution in [2.45, 2.75) is 52.4 Å². The van der Waals surface area contributed by atoms with Gasteiger partial charge in [0.15, 0.2) is 0 Å². The van der Waals surface area contributed by atoms with Gasteiger partial charge in [-0.15, -0.1) is 0 Å². The van der Waals surface area contributed by atoms with Crippen LogP contribution >= 0.6 is 0 Å². The fraction of sp³-hybridized carbons (Fsp3) is 0.714. The minimum atomic E-state index is -2.24. The topological polar surface area (TPSA) is 18.5 Å². The van der Waals surface area contributed by atoms with Gasteiger partial charge in [0.05, 0.1) is 0 Å². The first-order valence-electron chi connectivity index (χ1n) is 6.64. The molecule has 2 aliphatic carbocycles. The van der Waals surface area contributed by atoms with Crippen molar-refractivity contribution in [2.75, 3.05) is 14.2 Å². The molecule has 0 heterocycles. The fourth-order valence-electron chi connectivity index (χ4n) is 3.44. The molecule has 2 rings (SSSR count). The zero-order chi connectivity index (χ0) is 12.5. The summed E-state index contributed by atoms with van der Waals surface area (Å²) in [6.07, 6.45) is 7.35. The van der Waals surface area contributed by atoms with Gasteiger partial charge in [-0.25, -0.2) is 0 Å². The van der Waals surface area contributed by atoms with E-state index in [0.29, 0.717) is 0 Å². The van der Waals surface area contributed by atoms with Crippen LogP contribution in [0.25, 0.3) is 0 Å². The number of hydrogen-bond donors (Lipinski definition) is 0. The summed E-state index contributed by atoms with van der Waals surface area (Å²) >= 11 is 0. The number of allylic oxidation sites excluding steroid dienone is 4. The van der Waals surface area contributed by atoms with E-state index in [4.69, 9.17) is 8.85 Å². The van der Waals surface area contributed by atoms with Crippen LogP contribution in [0.4, 0.5) is 0 Å². The van der Waals surface area contributed by atoms with Crippen LogP contribution in [0.2, 0.25) is 0 Å². The molecule has 17 heavy (non-hydrogen) atoms. The van der Waals surface area contributed by atoms with E-state index in [2.05, 4.69) is 13.8 Å². The molecule has 0 saturated carbocycles. The molecular weight excluding hydrogens is 228 g/mol. The summed E-state index contributed by atoms with van der Waals surface area (Å²) in [4.78, 5) is 0. The minimum Gasteiger partial charge on any atom is -0.391 e. The predicted molar refractivity (Wildman–Crippen MR) is 72.9 cm³/mol. The van der Waals surface area contributed by atoms with E-state index in [0.717, 1.165) is 0 Å². The Morgan fingerprint density at radius 1 is 0.765 bits per heavy atom. The van der Waals surface area contributed by atoms with E-state index in [1.54, 1.807) is 0 Å². The highest BCUT2D eigenvalue weighted by atomic mass is 28.4. The maximum absolute atomic E-state index is 6.00. The Morgan fingerprint density at radius 3 is 1.41 bits per heavy atom. The Hall–Kier alpha value is -0.383. The summed E-state index contributed by atoms with van der Waals surface area (Å²) in [5, 5.41) is 3.03. The molecule has 0 amide bonds. The van der Waals surface area contributed by atoms with Gasteiger partial charge in [0, 0.05) is 14.2 Å². The van der Waals surface area contributed by atoms with E-state index in [9.17, 15) is 0 Å². The van der Waals surface area contributed by atoms with E-state index in [1.165, 1.54) is 60.1 Å². The quantitative estimate of drug-likeness (QED) is 0.709. The van der Waals surface area contributed by atoms with Crippen LogP contribution in [0.3, 0.4) is 0 Å². The Labute approximate surface area is 106 Å². The van der Waals surface area contributed by atoms with Crippen LogP contribution < -0.4 is 0 Å². The van der Waals surface area contributed by atoms with Crippen LogP contribution in [-0.2, 0) is 8.85 Å². The van der Waals surface area contributed by atoms with Crippen molar-refractivity contribution in [1.29, 1.82) is 0 Å². The summed E-state index contributed by atoms with van der Waals surface area (Å²) in [6, 6.07) is 0. The molecule has 0 fully saturated rings. The van der Waals surface area contributed by atoms with Crippen molar-refractivity contribution in [3.63, 3.8) is 0 Å². The monoisotopic (exact) mass is 252 g/mol. The molecule has 0 atom stereocenters. The third-order valence-electron chi connectivity index (χ3n) is 4.36. The molecule has 3 heteroatoms. The summed E-state index contributed by atoms with van der Waals surface area (Å²) in [7, 11) is 1.44. The molecule has 0 N–H and O–H groups in total. The highest BCUT2D eigenvalue weighted by molar-refractivity contribution is 6.82. The molecule has 0 aliphatic heterocycles. The highest BCUT2D eigenvalue weighted by Gasteiger charge is 2.47. The molecular formula is C14H24O2Si. The normalized spacial score (nSPS) is 21.9. The third-order valence-corrected chi connectivity index (χ3v) is 8.45. The van der Waals surface area contributed by atoms with Crippen molar-refractivity contribution >= 4 is 8.56 Å². The van der Waals surface area contributed by atoms with Gasteiger partial charge in [-0.2, -0.15) is 0 Å². The molecule has 0 aromatic heterocycles. The zero-order valence-electron chi connectivity index (χ0n) is 11.6. The summed E-state index contributed by atoms with van der Waals surface area (Å²) in [5.41, 5.74) is 3.04. The molecule has 0 radical (unpaired) electrons. The van der Waals surface area contributed by atoms with Crippen molar-refractivity contribution in [3.8, 4) is 0 Å². The average Bonchev–Trinajstić information content (AvgIpc) is 2.93. The SMILES string of the molecule is CO[Si](OC)(C1=C(C)CCC1)C1=C(C)CCC1. The van der Waals surface area contributed by atoms with Crippen LogP contribution in [0.15, 0.2) is 21.5 Å². The Bertz CT molecular complexity index is 332. The summed E-state index contributed by atoms with van der Waals surface area (Å²) < 4.78 is 12.0. The molecule has 0 unspecified atom stereocenters. The summed E-state index contributed by atoms with van der Waals surface area (Å²) in [5.74, 6) is 0. The fourth-order valence-corrected chi connectivity index (χ4v) is 7.34. The van der Waals surface area contributed by atoms with Crippen molar-refractivity contribution in [1.82, 2.24) is 0 Å². The summed E-state index contributed by atoms with van der Waals surface area (Å²) in [6.45, 7) is 4.51. The minimum absolute atomic E-state index is 1.18. The van der Waals surface area contributed by atoms with E-state index < -0.39 is 8.56 Å². The van der Waals surface area contributed by atoms with Crippen LogP contribution in [0, 0.1) is 0 Å². The molecule has 0 bridgehead atoms. The molecule has 0 aromatic rings. The molecule has 0 spiro atoms. The maximum Gasteiger partial charge on any atom is 0.398 e. The maximum atomic E-state index is 6.00. The Balaban J connectivity index is 2.46. The second-order valence-electron chi connectivity index (χ2n) is 5.25. The highest BCUT2D eigenvalue weighted by Crippen LogP contribution is 2.42. The van der Waals surface area contributed by atoms with Gasteiger partial charge >= 0.3 is 8.56 Å². The van der Waals surface area contributed by atoms with E-state index >= 15 is 0 Å². The first-order chi connectivity index (χ1) is 8.15. The second kappa shape index (κ2) is 5.08. The molecule has 2 nitrogen and oxygen atoms in total. The van der Waals surface area contributed by atoms with Crippen LogP contribution in [0.1, 0.15) is 52.4 Å². The number of hydrogen-bond acceptors (Lipinski definition) is 2. The van der Waals surface area contributed by atoms with Crippen molar-refractivity contribution < 1.29 is 8.85 Å². The lowest BCUT2D eigenvalue weighted by molar-refractivity contribution is 0.259. The lowest BCUT2D eigenvalue weighted by Crippen LogP contribution is -2.45. The zero-order valence-corrected chi connectivity index (χ0v) is 12.6. The molecule has 96 valence electrons. The van der Waals surface area contributed by atoms with E-state index in [1.807, 2.05) is 14.2 Å². The molecule has 2 aliphatic rings. The van der Waals surface area contributed by atoms with Gasteiger partial charge in [-0.3, -0.25) is 0 Å². The average molecular weight is 252 g/mol. The smallest absolute Gasteiger partial charge is 0.391 e. The van der Waals surface area contributed by atoms with Gasteiger partial charge < -0.3 is 8.85 Å². The Morgan fingerprint density at radius 2 is 1.18 bits per heavy atom. The second-order valence-corrected chi connectivity index (χ2v) is 8.51. The standard InChI is InChI=1S/C14H24O2Si/c1-11-7-5-9-13(11)17(15-3,16-4)14-10-6-8-12(14)2/h5-10H2,1-4H3. The molecule has 0 aromatic carbocycles. The van der Waals surface area contributed by atoms with E-state index in [-0.39, 0.29) is 0 Å². The van der Waals surface area contributed by atoms with Gasteiger partial charge in [-0.1, -0.05) is 11.1 Å². The first-order valence-corrected chi connectivity index (χ1v) is 8.46. The van der Waals surface area contributed by atoms with Gasteiger partial charge in [0.2, 0.25) is 0 Å². The first kappa shape index (κ1) is 13.1. The predicted octanol–water partition coefficient (Wildman–Crippen LogP) is 3.80. The van der Waals surface area contributed by atoms with Crippen LogP contribution in [-0.4, -0.2) is 22.8 Å². The largest absolute Gasteiger partial charge is 0.398 e. The van der Waals surface area contributed by atoms with Gasteiger partial charge in [-0.05, 0) is 62.8 Å². The van der Waals surface area contributed by atoms with Crippen molar-refractivity contribution in [2.24, 2.45) is 0 Å². The van der Waals surface area contributed by atoms with Gasteiger partial charge in [0.1, 0.15) is 0 Å². The van der Waals surface area contributed by atoms with Gasteiger partial charge in [0.25, 0.3) is 0 Å².